The van der Waals surface area contributed by atoms with Gasteiger partial charge in [0.05, 0.1) is 18.8 Å². The molecule has 0 saturated carbocycles. The fraction of sp³-hybridized carbons (Fsp3) is 0.600. The topological polar surface area (TPSA) is 50.5 Å². The Morgan fingerprint density at radius 1 is 1.43 bits per heavy atom. The van der Waals surface area contributed by atoms with Gasteiger partial charge in [-0.05, 0) is 44.0 Å². The predicted octanol–water partition coefficient (Wildman–Crippen LogP) is 2.48. The maximum atomic E-state index is 6.24. The lowest BCUT2D eigenvalue weighted by molar-refractivity contribution is -0.0552. The number of nitrogens with one attached hydrogen (secondary N) is 1. The average molecular weight is 332 g/mol. The quantitative estimate of drug-likeness (QED) is 0.642. The van der Waals surface area contributed by atoms with Gasteiger partial charge >= 0.3 is 0 Å². The van der Waals surface area contributed by atoms with E-state index in [1.54, 1.807) is 6.07 Å². The molecule has 1 saturated heterocycles. The minimum Gasteiger partial charge on any atom is -0.374 e. The van der Waals surface area contributed by atoms with Gasteiger partial charge in [0.25, 0.3) is 0 Å². The van der Waals surface area contributed by atoms with E-state index in [2.05, 4.69) is 24.2 Å². The van der Waals surface area contributed by atoms with Crippen LogP contribution in [0.4, 0.5) is 0 Å². The van der Waals surface area contributed by atoms with Gasteiger partial charge in [-0.3, -0.25) is 16.2 Å². The summed E-state index contributed by atoms with van der Waals surface area (Å²) in [6, 6.07) is 5.99. The number of nitrogens with zero attached hydrogens (tertiary/aromatic N) is 1. The second-order valence-electron chi connectivity index (χ2n) is 5.71. The fourth-order valence-corrected chi connectivity index (χ4v) is 3.03. The molecule has 2 unspecified atom stereocenters. The fourth-order valence-electron chi connectivity index (χ4n) is 2.64. The molecule has 6 heteroatoms. The summed E-state index contributed by atoms with van der Waals surface area (Å²) < 4.78 is 5.89. The van der Waals surface area contributed by atoms with Crippen molar-refractivity contribution >= 4 is 23.2 Å². The summed E-state index contributed by atoms with van der Waals surface area (Å²) in [5, 5.41) is 1.38. The van der Waals surface area contributed by atoms with Crippen molar-refractivity contribution in [1.29, 1.82) is 0 Å². The van der Waals surface area contributed by atoms with E-state index < -0.39 is 0 Å². The normalized spacial score (nSPS) is 21.7. The van der Waals surface area contributed by atoms with E-state index >= 15 is 0 Å². The van der Waals surface area contributed by atoms with Crippen molar-refractivity contribution in [3.63, 3.8) is 0 Å². The highest BCUT2D eigenvalue weighted by Gasteiger charge is 2.29. The zero-order chi connectivity index (χ0) is 15.4. The summed E-state index contributed by atoms with van der Waals surface area (Å²) in [6.07, 6.45) is 0.730. The van der Waals surface area contributed by atoms with Crippen LogP contribution in [0.5, 0.6) is 0 Å². The molecular formula is C15H23Cl2N3O. The number of ether oxygens (including phenoxy) is 1. The molecule has 0 bridgehead atoms. The summed E-state index contributed by atoms with van der Waals surface area (Å²) in [5.74, 6) is 5.74. The van der Waals surface area contributed by atoms with Gasteiger partial charge < -0.3 is 4.74 Å². The van der Waals surface area contributed by atoms with Crippen LogP contribution in [0.2, 0.25) is 10.0 Å². The van der Waals surface area contributed by atoms with Crippen molar-refractivity contribution in [3.05, 3.63) is 33.8 Å². The minimum absolute atomic E-state index is 0.00233. The Morgan fingerprint density at radius 3 is 2.86 bits per heavy atom. The molecule has 1 aliphatic rings. The molecule has 2 atom stereocenters. The Kier molecular flexibility index (Phi) is 6.29. The van der Waals surface area contributed by atoms with Crippen LogP contribution in [0.3, 0.4) is 0 Å². The lowest BCUT2D eigenvalue weighted by Crippen LogP contribution is -2.56. The first-order valence-electron chi connectivity index (χ1n) is 7.27. The summed E-state index contributed by atoms with van der Waals surface area (Å²) >= 11 is 12.3. The molecule has 0 radical (unpaired) electrons. The van der Waals surface area contributed by atoms with E-state index in [0.29, 0.717) is 22.5 Å². The third kappa shape index (κ3) is 4.55. The highest BCUT2D eigenvalue weighted by Crippen LogP contribution is 2.23. The monoisotopic (exact) mass is 331 g/mol. The molecule has 21 heavy (non-hydrogen) atoms. The molecule has 1 aromatic carbocycles. The van der Waals surface area contributed by atoms with Gasteiger partial charge in [-0.25, -0.2) is 0 Å². The maximum absolute atomic E-state index is 6.24. The average Bonchev–Trinajstić information content (AvgIpc) is 2.48. The second-order valence-corrected chi connectivity index (χ2v) is 6.55. The third-order valence-electron chi connectivity index (χ3n) is 3.97. The Labute approximate surface area is 136 Å². The van der Waals surface area contributed by atoms with Crippen molar-refractivity contribution in [2.24, 2.45) is 5.84 Å². The Bertz CT molecular complexity index is 470. The maximum Gasteiger partial charge on any atom is 0.0872 e. The van der Waals surface area contributed by atoms with Crippen molar-refractivity contribution in [3.8, 4) is 0 Å². The summed E-state index contributed by atoms with van der Waals surface area (Å²) in [5.41, 5.74) is 3.86. The standard InChI is InChI=1S/C15H23Cl2N3O/c1-10(2)20-5-6-21-15(9-20)14(19-18)8-11-7-12(16)3-4-13(11)17/h3-4,7,10,14-15,19H,5-6,8-9,18H2,1-2H3. The predicted molar refractivity (Wildman–Crippen MR) is 87.7 cm³/mol. The van der Waals surface area contributed by atoms with E-state index in [4.69, 9.17) is 33.8 Å². The van der Waals surface area contributed by atoms with E-state index in [0.717, 1.165) is 25.3 Å². The van der Waals surface area contributed by atoms with Crippen molar-refractivity contribution in [2.45, 2.75) is 38.5 Å². The van der Waals surface area contributed by atoms with Gasteiger partial charge in [0.1, 0.15) is 0 Å². The minimum atomic E-state index is 0.00233. The molecule has 4 nitrogen and oxygen atoms in total. The molecule has 0 aromatic heterocycles. The number of hydrogen-bond donors (Lipinski definition) is 2. The number of morpholine rings is 1. The van der Waals surface area contributed by atoms with Gasteiger partial charge in [0.2, 0.25) is 0 Å². The molecular weight excluding hydrogens is 309 g/mol. The number of rotatable bonds is 5. The number of hydrazine groups is 1. The molecule has 3 N–H and O–H groups in total. The van der Waals surface area contributed by atoms with Crippen LogP contribution in [-0.2, 0) is 11.2 Å². The van der Waals surface area contributed by atoms with Crippen LogP contribution in [-0.4, -0.2) is 42.8 Å². The lowest BCUT2D eigenvalue weighted by Gasteiger charge is -2.38. The number of halogens is 2. The van der Waals surface area contributed by atoms with Gasteiger partial charge in [0.15, 0.2) is 0 Å². The van der Waals surface area contributed by atoms with Crippen LogP contribution in [0.1, 0.15) is 19.4 Å². The van der Waals surface area contributed by atoms with E-state index in [9.17, 15) is 0 Å². The Hall–Kier alpha value is -0.360. The van der Waals surface area contributed by atoms with Gasteiger partial charge in [-0.2, -0.15) is 0 Å². The highest BCUT2D eigenvalue weighted by atomic mass is 35.5. The van der Waals surface area contributed by atoms with E-state index in [1.165, 1.54) is 0 Å². The van der Waals surface area contributed by atoms with Crippen LogP contribution < -0.4 is 11.3 Å². The molecule has 0 spiro atoms. The molecule has 2 rings (SSSR count). The first kappa shape index (κ1) is 17.0. The summed E-state index contributed by atoms with van der Waals surface area (Å²) in [4.78, 5) is 2.40. The molecule has 0 aliphatic carbocycles. The van der Waals surface area contributed by atoms with E-state index in [1.807, 2.05) is 12.1 Å². The smallest absolute Gasteiger partial charge is 0.0872 e. The molecule has 118 valence electrons. The first-order valence-corrected chi connectivity index (χ1v) is 8.02. The number of benzene rings is 1. The molecule has 1 heterocycles. The highest BCUT2D eigenvalue weighted by molar-refractivity contribution is 6.33. The Morgan fingerprint density at radius 2 is 2.19 bits per heavy atom. The zero-order valence-corrected chi connectivity index (χ0v) is 14.0. The molecule has 0 amide bonds. The molecule has 1 aliphatic heterocycles. The largest absolute Gasteiger partial charge is 0.374 e. The van der Waals surface area contributed by atoms with Crippen LogP contribution in [0, 0.1) is 0 Å². The van der Waals surface area contributed by atoms with E-state index in [-0.39, 0.29) is 12.1 Å². The second kappa shape index (κ2) is 7.77. The SMILES string of the molecule is CC(C)N1CCOC(C(Cc2cc(Cl)ccc2Cl)NN)C1. The van der Waals surface area contributed by atoms with Crippen molar-refractivity contribution < 1.29 is 4.74 Å². The third-order valence-corrected chi connectivity index (χ3v) is 4.57. The number of hydrogen-bond acceptors (Lipinski definition) is 4. The number of nitrogens with two attached hydrogens (primary N) is 1. The van der Waals surface area contributed by atoms with Crippen LogP contribution in [0.15, 0.2) is 18.2 Å². The summed E-state index contributed by atoms with van der Waals surface area (Å²) in [6.45, 7) is 6.95. The van der Waals surface area contributed by atoms with Gasteiger partial charge in [-0.15, -0.1) is 0 Å². The van der Waals surface area contributed by atoms with Gasteiger partial charge in [0, 0.05) is 29.2 Å². The zero-order valence-electron chi connectivity index (χ0n) is 12.5. The molecule has 1 aromatic rings. The van der Waals surface area contributed by atoms with Crippen LogP contribution >= 0.6 is 23.2 Å². The summed E-state index contributed by atoms with van der Waals surface area (Å²) in [7, 11) is 0. The first-order chi connectivity index (χ1) is 10.0. The lowest BCUT2D eigenvalue weighted by atomic mass is 10.00. The van der Waals surface area contributed by atoms with Crippen molar-refractivity contribution in [2.75, 3.05) is 19.7 Å². The van der Waals surface area contributed by atoms with Crippen molar-refractivity contribution in [1.82, 2.24) is 10.3 Å². The Balaban J connectivity index is 2.07. The van der Waals surface area contributed by atoms with Crippen LogP contribution in [0.25, 0.3) is 0 Å². The molecule has 1 fully saturated rings. The van der Waals surface area contributed by atoms with Gasteiger partial charge in [-0.1, -0.05) is 23.2 Å².